The first-order valence-corrected chi connectivity index (χ1v) is 6.56. The van der Waals surface area contributed by atoms with Gasteiger partial charge in [0, 0.05) is 20.2 Å². The second-order valence-electron chi connectivity index (χ2n) is 4.93. The highest BCUT2D eigenvalue weighted by Crippen LogP contribution is 2.40. The van der Waals surface area contributed by atoms with E-state index in [0.29, 0.717) is 18.3 Å². The van der Waals surface area contributed by atoms with Gasteiger partial charge in [-0.1, -0.05) is 5.16 Å². The Hall–Kier alpha value is -0.980. The molecule has 0 spiro atoms. The highest BCUT2D eigenvalue weighted by Gasteiger charge is 2.40. The van der Waals surface area contributed by atoms with Crippen molar-refractivity contribution in [1.29, 1.82) is 0 Å². The predicted molar refractivity (Wildman–Crippen MR) is 63.0 cm³/mol. The van der Waals surface area contributed by atoms with Crippen LogP contribution in [0.3, 0.4) is 0 Å². The summed E-state index contributed by atoms with van der Waals surface area (Å²) in [6.45, 7) is 2.28. The van der Waals surface area contributed by atoms with Gasteiger partial charge in [-0.15, -0.1) is 0 Å². The fourth-order valence-electron chi connectivity index (χ4n) is 2.74. The highest BCUT2D eigenvalue weighted by atomic mass is 16.5. The molecule has 1 aliphatic carbocycles. The van der Waals surface area contributed by atoms with E-state index in [1.54, 1.807) is 7.11 Å². The first-order chi connectivity index (χ1) is 8.84. The summed E-state index contributed by atoms with van der Waals surface area (Å²) >= 11 is 0. The molecule has 1 aromatic heterocycles. The van der Waals surface area contributed by atoms with E-state index in [1.807, 2.05) is 0 Å². The molecule has 2 aliphatic rings. The Labute approximate surface area is 106 Å². The molecule has 0 aromatic carbocycles. The monoisotopic (exact) mass is 253 g/mol. The molecule has 100 valence electrons. The number of aromatic nitrogens is 2. The highest BCUT2D eigenvalue weighted by molar-refractivity contribution is 5.05. The lowest BCUT2D eigenvalue weighted by atomic mass is 10.0. The van der Waals surface area contributed by atoms with Crippen molar-refractivity contribution >= 4 is 0 Å². The largest absolute Gasteiger partial charge is 0.370 e. The van der Waals surface area contributed by atoms with Crippen LogP contribution in [0.15, 0.2) is 4.52 Å². The molecule has 0 radical (unpaired) electrons. The maximum Gasteiger partial charge on any atom is 0.257 e. The van der Waals surface area contributed by atoms with Gasteiger partial charge in [-0.05, 0) is 25.7 Å². The van der Waals surface area contributed by atoms with E-state index in [0.717, 1.165) is 38.8 Å². The topological polar surface area (TPSA) is 69.4 Å². The summed E-state index contributed by atoms with van der Waals surface area (Å²) in [7, 11) is 1.72. The van der Waals surface area contributed by atoms with Crippen LogP contribution < -0.4 is 5.32 Å². The number of rotatable bonds is 3. The van der Waals surface area contributed by atoms with Crippen molar-refractivity contribution in [3.05, 3.63) is 11.7 Å². The van der Waals surface area contributed by atoms with Gasteiger partial charge in [0.1, 0.15) is 11.7 Å². The van der Waals surface area contributed by atoms with Crippen LogP contribution in [0.25, 0.3) is 0 Å². The van der Waals surface area contributed by atoms with Crippen molar-refractivity contribution < 1.29 is 14.0 Å². The van der Waals surface area contributed by atoms with Crippen LogP contribution in [-0.4, -0.2) is 36.9 Å². The summed E-state index contributed by atoms with van der Waals surface area (Å²) in [5.41, 5.74) is -0.343. The molecular weight excluding hydrogens is 234 g/mol. The van der Waals surface area contributed by atoms with Crippen molar-refractivity contribution in [2.24, 2.45) is 0 Å². The van der Waals surface area contributed by atoms with Crippen molar-refractivity contribution in [2.45, 2.75) is 37.4 Å². The zero-order chi connectivity index (χ0) is 12.4. The minimum Gasteiger partial charge on any atom is -0.370 e. The Bertz CT molecular complexity index is 395. The lowest BCUT2D eigenvalue weighted by Gasteiger charge is -2.23. The lowest BCUT2D eigenvalue weighted by molar-refractivity contribution is -0.0178. The average Bonchev–Trinajstić information content (AvgIpc) is 3.09. The summed E-state index contributed by atoms with van der Waals surface area (Å²) in [4.78, 5) is 4.49. The molecule has 1 atom stereocenters. The van der Waals surface area contributed by atoms with Crippen LogP contribution in [0.4, 0.5) is 0 Å². The minimum absolute atomic E-state index is 0.129. The maximum atomic E-state index is 5.64. The Balaban J connectivity index is 1.79. The molecule has 1 N–H and O–H groups in total. The standard InChI is InChI=1S/C12H19N3O3/c1-16-12(4-2-3-5-12)11-14-10(18-15-11)9-8-13-6-7-17-9/h9,13H,2-8H2,1H3. The van der Waals surface area contributed by atoms with E-state index in [9.17, 15) is 0 Å². The zero-order valence-electron chi connectivity index (χ0n) is 10.6. The molecule has 1 aliphatic heterocycles. The predicted octanol–water partition coefficient (Wildman–Crippen LogP) is 1.15. The first kappa shape index (κ1) is 12.1. The molecule has 6 nitrogen and oxygen atoms in total. The quantitative estimate of drug-likeness (QED) is 0.871. The summed E-state index contributed by atoms with van der Waals surface area (Å²) in [5, 5.41) is 7.35. The second kappa shape index (κ2) is 4.95. The molecule has 3 rings (SSSR count). The van der Waals surface area contributed by atoms with E-state index < -0.39 is 0 Å². The molecule has 1 aromatic rings. The molecule has 1 saturated carbocycles. The summed E-state index contributed by atoms with van der Waals surface area (Å²) in [5.74, 6) is 1.23. The second-order valence-corrected chi connectivity index (χ2v) is 4.93. The van der Waals surface area contributed by atoms with Crippen LogP contribution in [0.5, 0.6) is 0 Å². The fraction of sp³-hybridized carbons (Fsp3) is 0.833. The van der Waals surface area contributed by atoms with Gasteiger partial charge in [0.15, 0.2) is 0 Å². The molecule has 2 heterocycles. The van der Waals surface area contributed by atoms with Gasteiger partial charge in [0.05, 0.1) is 6.61 Å². The number of morpholine rings is 1. The zero-order valence-corrected chi connectivity index (χ0v) is 10.6. The van der Waals surface area contributed by atoms with Gasteiger partial charge in [-0.2, -0.15) is 4.98 Å². The van der Waals surface area contributed by atoms with Crippen LogP contribution in [0.2, 0.25) is 0 Å². The van der Waals surface area contributed by atoms with E-state index in [2.05, 4.69) is 15.5 Å². The summed E-state index contributed by atoms with van der Waals surface area (Å²) < 4.78 is 16.6. The average molecular weight is 253 g/mol. The molecule has 1 unspecified atom stereocenters. The van der Waals surface area contributed by atoms with E-state index in [1.165, 1.54) is 0 Å². The van der Waals surface area contributed by atoms with Crippen molar-refractivity contribution in [3.8, 4) is 0 Å². The number of hydrogen-bond donors (Lipinski definition) is 1. The van der Waals surface area contributed by atoms with Crippen molar-refractivity contribution in [2.75, 3.05) is 26.8 Å². The SMILES string of the molecule is COC1(c2noc(C3CNCCO3)n2)CCCC1. The lowest BCUT2D eigenvalue weighted by Crippen LogP contribution is -2.33. The number of nitrogens with zero attached hydrogens (tertiary/aromatic N) is 2. The Morgan fingerprint density at radius 3 is 2.89 bits per heavy atom. The maximum absolute atomic E-state index is 5.64. The molecular formula is C12H19N3O3. The number of hydrogen-bond acceptors (Lipinski definition) is 6. The normalized spacial score (nSPS) is 27.5. The fourth-order valence-corrected chi connectivity index (χ4v) is 2.74. The Morgan fingerprint density at radius 1 is 1.39 bits per heavy atom. The molecule has 2 fully saturated rings. The molecule has 0 bridgehead atoms. The third-order valence-electron chi connectivity index (χ3n) is 3.85. The van der Waals surface area contributed by atoms with Gasteiger partial charge in [0.25, 0.3) is 5.89 Å². The van der Waals surface area contributed by atoms with Gasteiger partial charge in [0.2, 0.25) is 5.82 Å². The van der Waals surface area contributed by atoms with E-state index >= 15 is 0 Å². The van der Waals surface area contributed by atoms with Crippen LogP contribution in [0.1, 0.15) is 43.5 Å². The van der Waals surface area contributed by atoms with E-state index in [-0.39, 0.29) is 11.7 Å². The van der Waals surface area contributed by atoms with Crippen molar-refractivity contribution in [1.82, 2.24) is 15.5 Å². The number of nitrogens with one attached hydrogen (secondary N) is 1. The first-order valence-electron chi connectivity index (χ1n) is 6.56. The van der Waals surface area contributed by atoms with Gasteiger partial charge >= 0.3 is 0 Å². The number of methoxy groups -OCH3 is 1. The molecule has 18 heavy (non-hydrogen) atoms. The van der Waals surface area contributed by atoms with Crippen LogP contribution in [-0.2, 0) is 15.1 Å². The number of ether oxygens (including phenoxy) is 2. The Kier molecular flexibility index (Phi) is 3.32. The summed E-state index contributed by atoms with van der Waals surface area (Å²) in [6, 6.07) is 0. The molecule has 0 amide bonds. The van der Waals surface area contributed by atoms with E-state index in [4.69, 9.17) is 14.0 Å². The van der Waals surface area contributed by atoms with Gasteiger partial charge in [-0.3, -0.25) is 0 Å². The van der Waals surface area contributed by atoms with Crippen molar-refractivity contribution in [3.63, 3.8) is 0 Å². The van der Waals surface area contributed by atoms with Crippen LogP contribution >= 0.6 is 0 Å². The molecule has 6 heteroatoms. The van der Waals surface area contributed by atoms with Gasteiger partial charge in [-0.25, -0.2) is 0 Å². The third-order valence-corrected chi connectivity index (χ3v) is 3.85. The Morgan fingerprint density at radius 2 is 2.22 bits per heavy atom. The third kappa shape index (κ3) is 2.04. The molecule has 1 saturated heterocycles. The minimum atomic E-state index is -0.343. The van der Waals surface area contributed by atoms with Crippen LogP contribution in [0, 0.1) is 0 Å². The smallest absolute Gasteiger partial charge is 0.257 e. The summed E-state index contributed by atoms with van der Waals surface area (Å²) in [6.07, 6.45) is 4.10. The van der Waals surface area contributed by atoms with Gasteiger partial charge < -0.3 is 19.3 Å².